The van der Waals surface area contributed by atoms with E-state index < -0.39 is 6.09 Å². The topological polar surface area (TPSA) is 85.9 Å². The highest BCUT2D eigenvalue weighted by Crippen LogP contribution is 2.15. The highest BCUT2D eigenvalue weighted by atomic mass is 16.6. The minimum absolute atomic E-state index is 0.0602. The summed E-state index contributed by atoms with van der Waals surface area (Å²) in [5, 5.41) is 5.48. The Morgan fingerprint density at radius 1 is 0.444 bits per heavy atom. The van der Waals surface area contributed by atoms with Gasteiger partial charge in [-0.3, -0.25) is 4.79 Å². The van der Waals surface area contributed by atoms with Gasteiger partial charge in [0, 0.05) is 33.2 Å². The van der Waals surface area contributed by atoms with Crippen LogP contribution in [-0.4, -0.2) is 58.1 Å². The highest BCUT2D eigenvalue weighted by molar-refractivity contribution is 5.75. The first kappa shape index (κ1) is 52.7. The standard InChI is InChI=1S/C47H94N2O5/c1-4-6-8-10-12-14-16-18-20-22-24-26-28-30-32-37-41-52-43-45(44-54-47(51)49-40-36-34-35-39-46(50)48-3)53-42-38-33-31-29-27-25-23-21-19-17-15-13-11-9-7-5-2/h45H,4-44H2,1-3H3,(H,48,50)(H,49,51)/t45-/m1/s1. The van der Waals surface area contributed by atoms with Gasteiger partial charge in [0.2, 0.25) is 5.91 Å². The lowest BCUT2D eigenvalue weighted by molar-refractivity contribution is -0.120. The molecule has 0 aliphatic heterocycles. The molecule has 0 spiro atoms. The molecule has 0 saturated carbocycles. The minimum atomic E-state index is -0.407. The second-order valence-electron chi connectivity index (χ2n) is 16.2. The van der Waals surface area contributed by atoms with E-state index >= 15 is 0 Å². The number of carbonyl (C=O) groups excluding carboxylic acids is 2. The normalized spacial score (nSPS) is 11.9. The Morgan fingerprint density at radius 3 is 1.22 bits per heavy atom. The molecule has 0 aliphatic rings. The molecule has 0 rings (SSSR count). The van der Waals surface area contributed by atoms with Crippen LogP contribution < -0.4 is 10.6 Å². The zero-order chi connectivity index (χ0) is 39.3. The molecule has 0 aliphatic carbocycles. The summed E-state index contributed by atoms with van der Waals surface area (Å²) < 4.78 is 17.7. The number of carbonyl (C=O) groups is 2. The third-order valence-electron chi connectivity index (χ3n) is 10.8. The summed E-state index contributed by atoms with van der Waals surface area (Å²) in [6.07, 6.45) is 45.9. The fourth-order valence-corrected chi connectivity index (χ4v) is 7.13. The molecule has 0 bridgehead atoms. The second kappa shape index (κ2) is 46.0. The van der Waals surface area contributed by atoms with E-state index in [9.17, 15) is 9.59 Å². The summed E-state index contributed by atoms with van der Waals surface area (Å²) in [6.45, 7) is 7.21. The van der Waals surface area contributed by atoms with Gasteiger partial charge in [0.25, 0.3) is 0 Å². The average Bonchev–Trinajstić information content (AvgIpc) is 3.18. The van der Waals surface area contributed by atoms with E-state index in [4.69, 9.17) is 14.2 Å². The van der Waals surface area contributed by atoms with Crippen molar-refractivity contribution in [1.29, 1.82) is 0 Å². The van der Waals surface area contributed by atoms with Gasteiger partial charge in [-0.25, -0.2) is 4.79 Å². The molecule has 1 atom stereocenters. The number of rotatable bonds is 45. The molecular weight excluding hydrogens is 673 g/mol. The summed E-state index contributed by atoms with van der Waals surface area (Å²) in [5.74, 6) is 0.0602. The highest BCUT2D eigenvalue weighted by Gasteiger charge is 2.13. The summed E-state index contributed by atoms with van der Waals surface area (Å²) >= 11 is 0. The first-order valence-corrected chi connectivity index (χ1v) is 23.9. The molecule has 0 heterocycles. The van der Waals surface area contributed by atoms with Crippen LogP contribution in [-0.2, 0) is 19.0 Å². The Bertz CT molecular complexity index is 752. The largest absolute Gasteiger partial charge is 0.447 e. The summed E-state index contributed by atoms with van der Waals surface area (Å²) in [5.41, 5.74) is 0. The molecule has 0 fully saturated rings. The van der Waals surface area contributed by atoms with Crippen LogP contribution in [0.1, 0.15) is 245 Å². The first-order valence-electron chi connectivity index (χ1n) is 23.9. The molecule has 0 radical (unpaired) electrons. The van der Waals surface area contributed by atoms with E-state index in [1.54, 1.807) is 7.05 Å². The van der Waals surface area contributed by atoms with E-state index in [1.165, 1.54) is 193 Å². The van der Waals surface area contributed by atoms with Crippen molar-refractivity contribution in [2.75, 3.05) is 40.0 Å². The number of amides is 2. The Balaban J connectivity index is 4.01. The molecule has 0 aromatic carbocycles. The average molecular weight is 767 g/mol. The molecule has 322 valence electrons. The van der Waals surface area contributed by atoms with Crippen molar-refractivity contribution in [3.8, 4) is 0 Å². The smallest absolute Gasteiger partial charge is 0.407 e. The summed E-state index contributed by atoms with van der Waals surface area (Å²) in [7, 11) is 1.66. The van der Waals surface area contributed by atoms with Gasteiger partial charge in [-0.05, 0) is 25.7 Å². The summed E-state index contributed by atoms with van der Waals surface area (Å²) in [4.78, 5) is 23.7. The lowest BCUT2D eigenvalue weighted by atomic mass is 10.0. The molecule has 0 saturated heterocycles. The van der Waals surface area contributed by atoms with Crippen LogP contribution >= 0.6 is 0 Å². The third kappa shape index (κ3) is 43.4. The van der Waals surface area contributed by atoms with E-state index in [1.807, 2.05) is 0 Å². The van der Waals surface area contributed by atoms with Gasteiger partial charge < -0.3 is 24.8 Å². The zero-order valence-corrected chi connectivity index (χ0v) is 36.6. The van der Waals surface area contributed by atoms with Gasteiger partial charge in [-0.2, -0.15) is 0 Å². The lowest BCUT2D eigenvalue weighted by Crippen LogP contribution is -2.32. The predicted molar refractivity (Wildman–Crippen MR) is 232 cm³/mol. The maximum atomic E-state index is 12.3. The molecule has 2 amide bonds. The van der Waals surface area contributed by atoms with Gasteiger partial charge in [-0.15, -0.1) is 0 Å². The van der Waals surface area contributed by atoms with Gasteiger partial charge >= 0.3 is 6.09 Å². The van der Waals surface area contributed by atoms with Crippen molar-refractivity contribution in [3.63, 3.8) is 0 Å². The van der Waals surface area contributed by atoms with Crippen molar-refractivity contribution >= 4 is 12.0 Å². The maximum absolute atomic E-state index is 12.3. The van der Waals surface area contributed by atoms with Gasteiger partial charge in [0.1, 0.15) is 12.7 Å². The van der Waals surface area contributed by atoms with E-state index in [0.29, 0.717) is 26.2 Å². The van der Waals surface area contributed by atoms with Gasteiger partial charge in [-0.1, -0.05) is 213 Å². The van der Waals surface area contributed by atoms with E-state index in [-0.39, 0.29) is 18.6 Å². The molecule has 7 nitrogen and oxygen atoms in total. The SMILES string of the molecule is CCCCCCCCCCCCCCCCCCOC[C@H](COC(=O)NCCCCCC(=O)NC)OCCCCCCCCCCCCCCCCCC. The Morgan fingerprint density at radius 2 is 0.815 bits per heavy atom. The third-order valence-corrected chi connectivity index (χ3v) is 10.8. The molecule has 0 aromatic rings. The van der Waals surface area contributed by atoms with Crippen LogP contribution in [0.15, 0.2) is 0 Å². The second-order valence-corrected chi connectivity index (χ2v) is 16.2. The predicted octanol–water partition coefficient (Wildman–Crippen LogP) is 13.9. The molecule has 0 unspecified atom stereocenters. The Hall–Kier alpha value is -1.34. The summed E-state index contributed by atoms with van der Waals surface area (Å²) in [6, 6.07) is 0. The quantitative estimate of drug-likeness (QED) is 0.0603. The van der Waals surface area contributed by atoms with Crippen LogP contribution in [0.4, 0.5) is 4.79 Å². The van der Waals surface area contributed by atoms with Gasteiger partial charge in [0.15, 0.2) is 0 Å². The fourth-order valence-electron chi connectivity index (χ4n) is 7.13. The van der Waals surface area contributed by atoms with E-state index in [2.05, 4.69) is 24.5 Å². The van der Waals surface area contributed by atoms with Crippen molar-refractivity contribution in [3.05, 3.63) is 0 Å². The molecule has 54 heavy (non-hydrogen) atoms. The number of alkyl carbamates (subject to hydrolysis) is 1. The zero-order valence-electron chi connectivity index (χ0n) is 36.6. The number of hydrogen-bond donors (Lipinski definition) is 2. The maximum Gasteiger partial charge on any atom is 0.407 e. The van der Waals surface area contributed by atoms with Crippen molar-refractivity contribution in [2.45, 2.75) is 251 Å². The van der Waals surface area contributed by atoms with Crippen molar-refractivity contribution in [2.24, 2.45) is 0 Å². The molecule has 7 heteroatoms. The molecular formula is C47H94N2O5. The monoisotopic (exact) mass is 767 g/mol. The van der Waals surface area contributed by atoms with Gasteiger partial charge in [0.05, 0.1) is 6.61 Å². The number of hydrogen-bond acceptors (Lipinski definition) is 5. The minimum Gasteiger partial charge on any atom is -0.447 e. The van der Waals surface area contributed by atoms with Crippen LogP contribution in [0.3, 0.4) is 0 Å². The number of nitrogens with one attached hydrogen (secondary N) is 2. The Kier molecular flexibility index (Phi) is 44.9. The van der Waals surface area contributed by atoms with Crippen LogP contribution in [0.25, 0.3) is 0 Å². The molecule has 0 aromatic heterocycles. The van der Waals surface area contributed by atoms with E-state index in [0.717, 1.165) is 38.7 Å². The van der Waals surface area contributed by atoms with Crippen LogP contribution in [0, 0.1) is 0 Å². The van der Waals surface area contributed by atoms with Crippen molar-refractivity contribution in [1.82, 2.24) is 10.6 Å². The number of ether oxygens (including phenoxy) is 3. The van der Waals surface area contributed by atoms with Crippen LogP contribution in [0.5, 0.6) is 0 Å². The Labute approximate surface area is 336 Å². The van der Waals surface area contributed by atoms with Crippen molar-refractivity contribution < 1.29 is 23.8 Å². The number of unbranched alkanes of at least 4 members (excludes halogenated alkanes) is 32. The fraction of sp³-hybridized carbons (Fsp3) is 0.957. The lowest BCUT2D eigenvalue weighted by Gasteiger charge is -2.18. The van der Waals surface area contributed by atoms with Crippen LogP contribution in [0.2, 0.25) is 0 Å². The first-order chi connectivity index (χ1) is 26.6. The molecule has 2 N–H and O–H groups in total.